The summed E-state index contributed by atoms with van der Waals surface area (Å²) in [5.41, 5.74) is 2.70. The minimum Gasteiger partial charge on any atom is -0.480 e. The third-order valence-corrected chi connectivity index (χ3v) is 6.64. The molecule has 2 aliphatic rings. The zero-order valence-electron chi connectivity index (χ0n) is 16.9. The van der Waals surface area contributed by atoms with Crippen molar-refractivity contribution in [1.82, 2.24) is 15.2 Å². The first-order valence-electron chi connectivity index (χ1n) is 10.6. The van der Waals surface area contributed by atoms with Crippen molar-refractivity contribution >= 4 is 0 Å². The van der Waals surface area contributed by atoms with E-state index in [9.17, 15) is 0 Å². The van der Waals surface area contributed by atoms with Crippen LogP contribution in [0.2, 0.25) is 0 Å². The SMILES string of the molecule is COc1cc(CCCC[C@@]2(c3ccccn3)CCOC3(CCCC3)C2)cnn1. The molecule has 5 nitrogen and oxygen atoms in total. The molecule has 1 aliphatic heterocycles. The fourth-order valence-corrected chi connectivity index (χ4v) is 5.21. The van der Waals surface area contributed by atoms with Crippen LogP contribution in [0.5, 0.6) is 5.88 Å². The lowest BCUT2D eigenvalue weighted by Crippen LogP contribution is -2.46. The zero-order chi connectivity index (χ0) is 19.3. The third-order valence-electron chi connectivity index (χ3n) is 6.64. The number of nitrogens with zero attached hydrogens (tertiary/aromatic N) is 3. The number of aryl methyl sites for hydroxylation is 1. The lowest BCUT2D eigenvalue weighted by molar-refractivity contribution is -0.104. The quantitative estimate of drug-likeness (QED) is 0.653. The smallest absolute Gasteiger partial charge is 0.233 e. The van der Waals surface area contributed by atoms with Gasteiger partial charge >= 0.3 is 0 Å². The number of methoxy groups -OCH3 is 1. The van der Waals surface area contributed by atoms with Crippen LogP contribution in [0, 0.1) is 0 Å². The summed E-state index contributed by atoms with van der Waals surface area (Å²) in [7, 11) is 1.63. The van der Waals surface area contributed by atoms with Crippen LogP contribution in [-0.2, 0) is 16.6 Å². The van der Waals surface area contributed by atoms with Gasteiger partial charge in [-0.3, -0.25) is 4.98 Å². The van der Waals surface area contributed by atoms with Crippen molar-refractivity contribution in [3.05, 3.63) is 47.9 Å². The van der Waals surface area contributed by atoms with Crippen LogP contribution in [-0.4, -0.2) is 34.5 Å². The molecule has 0 bridgehead atoms. The summed E-state index contributed by atoms with van der Waals surface area (Å²) in [6.07, 6.45) is 15.5. The molecule has 2 fully saturated rings. The van der Waals surface area contributed by atoms with Gasteiger partial charge in [0.25, 0.3) is 0 Å². The van der Waals surface area contributed by atoms with Gasteiger partial charge in [-0.15, -0.1) is 5.10 Å². The van der Waals surface area contributed by atoms with Gasteiger partial charge in [0.15, 0.2) is 0 Å². The van der Waals surface area contributed by atoms with Crippen LogP contribution in [0.1, 0.15) is 69.0 Å². The topological polar surface area (TPSA) is 57.1 Å². The molecular weight excluding hydrogens is 350 g/mol. The molecule has 150 valence electrons. The second-order valence-corrected chi connectivity index (χ2v) is 8.47. The van der Waals surface area contributed by atoms with Crippen LogP contribution < -0.4 is 4.74 Å². The lowest BCUT2D eigenvalue weighted by atomic mass is 9.67. The van der Waals surface area contributed by atoms with Crippen molar-refractivity contribution in [3.8, 4) is 5.88 Å². The average Bonchev–Trinajstić information content (AvgIpc) is 3.19. The number of pyridine rings is 1. The molecule has 2 aromatic rings. The molecule has 0 aromatic carbocycles. The van der Waals surface area contributed by atoms with Crippen molar-refractivity contribution in [2.24, 2.45) is 0 Å². The first-order chi connectivity index (χ1) is 13.7. The summed E-state index contributed by atoms with van der Waals surface area (Å²) < 4.78 is 11.5. The molecule has 2 aromatic heterocycles. The summed E-state index contributed by atoms with van der Waals surface area (Å²) in [6.45, 7) is 0.863. The van der Waals surface area contributed by atoms with Crippen LogP contribution >= 0.6 is 0 Å². The standard InChI is InChI=1S/C23H31N3O2/c1-27-21-16-19(17-25-26-21)8-2-4-10-22(20-9-3-7-14-24-20)13-15-28-23(18-22)11-5-6-12-23/h3,7,9,14,16-17H,2,4-6,8,10-13,15,18H2,1H3/t22-/m1/s1. The maximum Gasteiger partial charge on any atom is 0.233 e. The van der Waals surface area contributed by atoms with Crippen LogP contribution in [0.3, 0.4) is 0 Å². The van der Waals surface area contributed by atoms with E-state index >= 15 is 0 Å². The van der Waals surface area contributed by atoms with Gasteiger partial charge in [0.1, 0.15) is 0 Å². The van der Waals surface area contributed by atoms with E-state index in [-0.39, 0.29) is 11.0 Å². The second kappa shape index (κ2) is 8.56. The summed E-state index contributed by atoms with van der Waals surface area (Å²) in [4.78, 5) is 4.80. The Morgan fingerprint density at radius 1 is 1.14 bits per heavy atom. The summed E-state index contributed by atoms with van der Waals surface area (Å²) in [5, 5.41) is 7.99. The van der Waals surface area contributed by atoms with Crippen molar-refractivity contribution in [2.75, 3.05) is 13.7 Å². The molecular formula is C23H31N3O2. The van der Waals surface area contributed by atoms with E-state index in [2.05, 4.69) is 22.3 Å². The Bertz CT molecular complexity index is 761. The highest BCUT2D eigenvalue weighted by Crippen LogP contribution is 2.50. The highest BCUT2D eigenvalue weighted by atomic mass is 16.5. The van der Waals surface area contributed by atoms with Crippen molar-refractivity contribution in [1.29, 1.82) is 0 Å². The third kappa shape index (κ3) is 4.19. The van der Waals surface area contributed by atoms with Gasteiger partial charge in [-0.1, -0.05) is 25.3 Å². The van der Waals surface area contributed by atoms with Gasteiger partial charge in [-0.2, -0.15) is 5.10 Å². The molecule has 1 spiro atoms. The average molecular weight is 382 g/mol. The minimum atomic E-state index is 0.0954. The van der Waals surface area contributed by atoms with Gasteiger partial charge in [0, 0.05) is 30.0 Å². The van der Waals surface area contributed by atoms with Gasteiger partial charge in [0.05, 0.1) is 18.9 Å². The molecule has 3 heterocycles. The summed E-state index contributed by atoms with van der Waals surface area (Å²) in [6, 6.07) is 8.37. The fraction of sp³-hybridized carbons (Fsp3) is 0.609. The Kier molecular flexibility index (Phi) is 5.90. The number of unbranched alkanes of at least 4 members (excludes halogenated alkanes) is 1. The van der Waals surface area contributed by atoms with Crippen molar-refractivity contribution < 1.29 is 9.47 Å². The number of hydrogen-bond donors (Lipinski definition) is 0. The van der Waals surface area contributed by atoms with Crippen LogP contribution in [0.15, 0.2) is 36.7 Å². The molecule has 0 radical (unpaired) electrons. The number of aromatic nitrogens is 3. The number of ether oxygens (including phenoxy) is 2. The molecule has 4 rings (SSSR count). The number of hydrogen-bond acceptors (Lipinski definition) is 5. The second-order valence-electron chi connectivity index (χ2n) is 8.47. The highest BCUT2D eigenvalue weighted by molar-refractivity contribution is 5.21. The Hall–Kier alpha value is -2.01. The zero-order valence-corrected chi connectivity index (χ0v) is 16.9. The van der Waals surface area contributed by atoms with Crippen LogP contribution in [0.4, 0.5) is 0 Å². The molecule has 1 atom stereocenters. The highest BCUT2D eigenvalue weighted by Gasteiger charge is 2.48. The Labute approximate surface area is 167 Å². The monoisotopic (exact) mass is 381 g/mol. The van der Waals surface area contributed by atoms with E-state index in [1.54, 1.807) is 7.11 Å². The van der Waals surface area contributed by atoms with Crippen LogP contribution in [0.25, 0.3) is 0 Å². The van der Waals surface area contributed by atoms with Gasteiger partial charge in [-0.05, 0) is 62.6 Å². The van der Waals surface area contributed by atoms with Gasteiger partial charge < -0.3 is 9.47 Å². The van der Waals surface area contributed by atoms with Crippen molar-refractivity contribution in [3.63, 3.8) is 0 Å². The first kappa shape index (κ1) is 19.3. The maximum absolute atomic E-state index is 6.35. The predicted octanol–water partition coefficient (Wildman–Crippen LogP) is 4.65. The summed E-state index contributed by atoms with van der Waals surface area (Å²) >= 11 is 0. The van der Waals surface area contributed by atoms with E-state index in [0.717, 1.165) is 32.3 Å². The van der Waals surface area contributed by atoms with E-state index in [4.69, 9.17) is 14.5 Å². The Balaban J connectivity index is 1.44. The predicted molar refractivity (Wildman–Crippen MR) is 108 cm³/mol. The normalized spacial score (nSPS) is 23.8. The summed E-state index contributed by atoms with van der Waals surface area (Å²) in [5.74, 6) is 0.593. The van der Waals surface area contributed by atoms with E-state index in [1.165, 1.54) is 49.8 Å². The Morgan fingerprint density at radius 2 is 2.04 bits per heavy atom. The molecule has 28 heavy (non-hydrogen) atoms. The fourth-order valence-electron chi connectivity index (χ4n) is 5.21. The molecule has 0 unspecified atom stereocenters. The van der Waals surface area contributed by atoms with Gasteiger partial charge in [-0.25, -0.2) is 0 Å². The molecule has 1 aliphatic carbocycles. The van der Waals surface area contributed by atoms with E-state index < -0.39 is 0 Å². The maximum atomic E-state index is 6.35. The lowest BCUT2D eigenvalue weighted by Gasteiger charge is -2.46. The molecule has 5 heteroatoms. The molecule has 0 amide bonds. The molecule has 1 saturated carbocycles. The Morgan fingerprint density at radius 3 is 2.82 bits per heavy atom. The minimum absolute atomic E-state index is 0.0954. The molecule has 0 N–H and O–H groups in total. The van der Waals surface area contributed by atoms with Crippen molar-refractivity contribution in [2.45, 2.75) is 75.2 Å². The molecule has 1 saturated heterocycles. The van der Waals surface area contributed by atoms with E-state index in [0.29, 0.717) is 5.88 Å². The largest absolute Gasteiger partial charge is 0.480 e. The first-order valence-corrected chi connectivity index (χ1v) is 10.6. The van der Waals surface area contributed by atoms with E-state index in [1.807, 2.05) is 24.5 Å². The van der Waals surface area contributed by atoms with Gasteiger partial charge in [0.2, 0.25) is 5.88 Å². The number of rotatable bonds is 7.